The molecular formula is C24H30N6S. The van der Waals surface area contributed by atoms with Crippen molar-refractivity contribution >= 4 is 17.4 Å². The number of nitrogens with zero attached hydrogens (tertiary/aromatic N) is 6. The summed E-state index contributed by atoms with van der Waals surface area (Å²) in [6, 6.07) is 15.5. The molecule has 1 aromatic carbocycles. The molecule has 5 rings (SSSR count). The second-order valence-electron chi connectivity index (χ2n) is 8.49. The summed E-state index contributed by atoms with van der Waals surface area (Å²) < 4.78 is 2.13. The number of tetrazole rings is 1. The van der Waals surface area contributed by atoms with Gasteiger partial charge < -0.3 is 0 Å². The minimum atomic E-state index is 0.151. The topological polar surface area (TPSA) is 50.1 Å². The summed E-state index contributed by atoms with van der Waals surface area (Å²) in [7, 11) is 0. The molecule has 2 aliphatic rings. The maximum absolute atomic E-state index is 4.54. The summed E-state index contributed by atoms with van der Waals surface area (Å²) in [5.74, 6) is 1.02. The van der Waals surface area contributed by atoms with Gasteiger partial charge in [0, 0.05) is 37.6 Å². The van der Waals surface area contributed by atoms with E-state index in [0.29, 0.717) is 6.04 Å². The lowest BCUT2D eigenvalue weighted by Crippen LogP contribution is -2.48. The molecule has 7 heteroatoms. The van der Waals surface area contributed by atoms with Crippen LogP contribution < -0.4 is 0 Å². The first-order valence-corrected chi connectivity index (χ1v) is 12.3. The fourth-order valence-electron chi connectivity index (χ4n) is 4.81. The molecule has 162 valence electrons. The molecule has 0 bridgehead atoms. The second-order valence-corrected chi connectivity index (χ2v) is 9.47. The second kappa shape index (κ2) is 9.85. The fourth-order valence-corrected chi connectivity index (χ4v) is 5.67. The predicted octanol–water partition coefficient (Wildman–Crippen LogP) is 4.27. The van der Waals surface area contributed by atoms with Crippen molar-refractivity contribution < 1.29 is 0 Å². The highest BCUT2D eigenvalue weighted by molar-refractivity contribution is 7.10. The SMILES string of the molecule is C(=C\c1ccccc1)/CN1CCN(C(c2cccs2)c2nnnn2C2CCCC2)CC1. The Balaban J connectivity index is 1.27. The lowest BCUT2D eigenvalue weighted by atomic mass is 10.1. The summed E-state index contributed by atoms with van der Waals surface area (Å²) in [4.78, 5) is 6.44. The largest absolute Gasteiger partial charge is 0.297 e. The van der Waals surface area contributed by atoms with E-state index in [9.17, 15) is 0 Å². The zero-order valence-corrected chi connectivity index (χ0v) is 18.7. The third-order valence-electron chi connectivity index (χ3n) is 6.49. The third kappa shape index (κ3) is 4.79. The van der Waals surface area contributed by atoms with Crippen LogP contribution in [0.25, 0.3) is 6.08 Å². The Morgan fingerprint density at radius 1 is 1.00 bits per heavy atom. The number of hydrogen-bond acceptors (Lipinski definition) is 6. The standard InChI is InChI=1S/C24H30N6S/c1-2-8-20(9-3-1)10-6-14-28-15-17-29(18-16-28)23(22-13-7-19-31-22)24-25-26-27-30(24)21-11-4-5-12-21/h1-3,6-10,13,19,21,23H,4-5,11-12,14-18H2/b10-6+. The van der Waals surface area contributed by atoms with E-state index in [1.165, 1.54) is 36.1 Å². The zero-order valence-electron chi connectivity index (χ0n) is 17.9. The number of aromatic nitrogens is 4. The van der Waals surface area contributed by atoms with Crippen LogP contribution in [0.5, 0.6) is 0 Å². The van der Waals surface area contributed by atoms with Gasteiger partial charge in [-0.05, 0) is 40.3 Å². The van der Waals surface area contributed by atoms with Gasteiger partial charge in [0.05, 0.1) is 6.04 Å². The fraction of sp³-hybridized carbons (Fsp3) is 0.458. The molecule has 2 fully saturated rings. The van der Waals surface area contributed by atoms with Crippen molar-refractivity contribution in [3.8, 4) is 0 Å². The molecule has 0 spiro atoms. The summed E-state index contributed by atoms with van der Waals surface area (Å²) in [6.07, 6.45) is 9.44. The smallest absolute Gasteiger partial charge is 0.174 e. The van der Waals surface area contributed by atoms with E-state index >= 15 is 0 Å². The van der Waals surface area contributed by atoms with Crippen molar-refractivity contribution in [2.45, 2.75) is 37.8 Å². The van der Waals surface area contributed by atoms with Crippen molar-refractivity contribution in [2.75, 3.05) is 32.7 Å². The van der Waals surface area contributed by atoms with Crippen LogP contribution in [-0.4, -0.2) is 62.7 Å². The summed E-state index contributed by atoms with van der Waals surface area (Å²) in [5.41, 5.74) is 1.26. The summed E-state index contributed by atoms with van der Waals surface area (Å²) >= 11 is 1.81. The maximum Gasteiger partial charge on any atom is 0.174 e. The first-order valence-electron chi connectivity index (χ1n) is 11.4. The highest BCUT2D eigenvalue weighted by Gasteiger charge is 2.33. The van der Waals surface area contributed by atoms with Gasteiger partial charge in [-0.25, -0.2) is 4.68 Å². The zero-order chi connectivity index (χ0) is 20.9. The highest BCUT2D eigenvalue weighted by atomic mass is 32.1. The van der Waals surface area contributed by atoms with Crippen molar-refractivity contribution in [1.29, 1.82) is 0 Å². The molecule has 1 unspecified atom stereocenters. The molecule has 2 aromatic heterocycles. The van der Waals surface area contributed by atoms with Crippen LogP contribution in [0.3, 0.4) is 0 Å². The summed E-state index contributed by atoms with van der Waals surface area (Å²) in [6.45, 7) is 5.17. The molecule has 1 saturated carbocycles. The molecule has 0 amide bonds. The maximum atomic E-state index is 4.54. The van der Waals surface area contributed by atoms with Gasteiger partial charge in [0.1, 0.15) is 6.04 Å². The minimum Gasteiger partial charge on any atom is -0.297 e. The Labute approximate surface area is 188 Å². The molecule has 1 atom stereocenters. The number of hydrogen-bond donors (Lipinski definition) is 0. The van der Waals surface area contributed by atoms with Crippen molar-refractivity contribution in [2.24, 2.45) is 0 Å². The molecule has 3 aromatic rings. The van der Waals surface area contributed by atoms with E-state index in [4.69, 9.17) is 0 Å². The molecule has 0 radical (unpaired) electrons. The number of piperazine rings is 1. The van der Waals surface area contributed by atoms with Gasteiger partial charge in [0.25, 0.3) is 0 Å². The van der Waals surface area contributed by atoms with Gasteiger partial charge in [-0.1, -0.05) is 61.4 Å². The molecule has 0 N–H and O–H groups in total. The van der Waals surface area contributed by atoms with E-state index in [-0.39, 0.29) is 6.04 Å². The van der Waals surface area contributed by atoms with Gasteiger partial charge in [-0.2, -0.15) is 0 Å². The molecule has 3 heterocycles. The summed E-state index contributed by atoms with van der Waals surface area (Å²) in [5, 5.41) is 15.2. The number of thiophene rings is 1. The van der Waals surface area contributed by atoms with E-state index < -0.39 is 0 Å². The van der Waals surface area contributed by atoms with Gasteiger partial charge in [-0.15, -0.1) is 16.4 Å². The normalized spacial score (nSPS) is 20.0. The minimum absolute atomic E-state index is 0.151. The Hall–Kier alpha value is -2.35. The molecule has 6 nitrogen and oxygen atoms in total. The lowest BCUT2D eigenvalue weighted by molar-refractivity contribution is 0.113. The molecular weight excluding hydrogens is 404 g/mol. The quantitative estimate of drug-likeness (QED) is 0.556. The van der Waals surface area contributed by atoms with E-state index in [1.807, 2.05) is 11.3 Å². The van der Waals surface area contributed by atoms with E-state index in [0.717, 1.165) is 38.5 Å². The van der Waals surface area contributed by atoms with E-state index in [1.54, 1.807) is 0 Å². The number of benzene rings is 1. The third-order valence-corrected chi connectivity index (χ3v) is 7.42. The van der Waals surface area contributed by atoms with Gasteiger partial charge >= 0.3 is 0 Å². The monoisotopic (exact) mass is 434 g/mol. The lowest BCUT2D eigenvalue weighted by Gasteiger charge is -2.38. The molecule has 31 heavy (non-hydrogen) atoms. The van der Waals surface area contributed by atoms with Crippen LogP contribution in [-0.2, 0) is 0 Å². The Bertz CT molecular complexity index is 953. The van der Waals surface area contributed by atoms with Gasteiger partial charge in [0.2, 0.25) is 0 Å². The average Bonchev–Trinajstić information content (AvgIpc) is 3.59. The van der Waals surface area contributed by atoms with Crippen LogP contribution in [0, 0.1) is 0 Å². The first-order chi connectivity index (χ1) is 15.4. The van der Waals surface area contributed by atoms with E-state index in [2.05, 4.69) is 90.0 Å². The Morgan fingerprint density at radius 2 is 1.81 bits per heavy atom. The number of rotatable bonds is 7. The Morgan fingerprint density at radius 3 is 2.55 bits per heavy atom. The van der Waals surface area contributed by atoms with Crippen molar-refractivity contribution in [3.63, 3.8) is 0 Å². The van der Waals surface area contributed by atoms with Gasteiger partial charge in [-0.3, -0.25) is 9.80 Å². The highest BCUT2D eigenvalue weighted by Crippen LogP contribution is 2.35. The van der Waals surface area contributed by atoms with Crippen LogP contribution in [0.1, 0.15) is 54.0 Å². The molecule has 1 aliphatic carbocycles. The first kappa shape index (κ1) is 20.5. The van der Waals surface area contributed by atoms with Crippen molar-refractivity contribution in [1.82, 2.24) is 30.0 Å². The van der Waals surface area contributed by atoms with Crippen LogP contribution in [0.2, 0.25) is 0 Å². The Kier molecular flexibility index (Phi) is 6.53. The van der Waals surface area contributed by atoms with Crippen LogP contribution >= 0.6 is 11.3 Å². The average molecular weight is 435 g/mol. The van der Waals surface area contributed by atoms with Crippen LogP contribution in [0.4, 0.5) is 0 Å². The molecule has 1 aliphatic heterocycles. The predicted molar refractivity (Wildman–Crippen MR) is 125 cm³/mol. The van der Waals surface area contributed by atoms with Gasteiger partial charge in [0.15, 0.2) is 5.82 Å². The molecule has 1 saturated heterocycles. The van der Waals surface area contributed by atoms with Crippen LogP contribution in [0.15, 0.2) is 53.9 Å². The van der Waals surface area contributed by atoms with Crippen molar-refractivity contribution in [3.05, 3.63) is 70.2 Å².